The van der Waals surface area contributed by atoms with Crippen molar-refractivity contribution in [2.45, 2.75) is 37.3 Å². The van der Waals surface area contributed by atoms with Crippen LogP contribution in [-0.2, 0) is 5.41 Å². The van der Waals surface area contributed by atoms with Gasteiger partial charge in [0.25, 0.3) is 0 Å². The molecular weight excluding hydrogens is 239 g/mol. The second kappa shape index (κ2) is 3.90. The number of benzene rings is 1. The maximum absolute atomic E-state index is 13.0. The molecule has 1 nitrogen and oxygen atoms in total. The summed E-state index contributed by atoms with van der Waals surface area (Å²) in [6.07, 6.45) is -1.20. The maximum Gasteiger partial charge on any atom is 0.398 e. The number of nitrogens with one attached hydrogen (secondary N) is 1. The maximum atomic E-state index is 13.0. The van der Waals surface area contributed by atoms with Gasteiger partial charge >= 0.3 is 6.18 Å². The lowest BCUT2D eigenvalue weighted by atomic mass is 9.95. The van der Waals surface area contributed by atoms with Crippen molar-refractivity contribution in [2.24, 2.45) is 5.92 Å². The Morgan fingerprint density at radius 1 is 1.22 bits per heavy atom. The highest BCUT2D eigenvalue weighted by Gasteiger charge is 2.64. The van der Waals surface area contributed by atoms with Crippen LogP contribution in [0.4, 0.5) is 18.9 Å². The molecule has 0 saturated heterocycles. The van der Waals surface area contributed by atoms with Crippen LogP contribution in [0.3, 0.4) is 0 Å². The molecule has 0 aromatic heterocycles. The topological polar surface area (TPSA) is 12.0 Å². The third-order valence-electron chi connectivity index (χ3n) is 4.00. The van der Waals surface area contributed by atoms with Crippen molar-refractivity contribution in [1.29, 1.82) is 0 Å². The van der Waals surface area contributed by atoms with E-state index in [4.69, 9.17) is 0 Å². The Kier molecular flexibility index (Phi) is 2.57. The minimum Gasteiger partial charge on any atom is -0.385 e. The first kappa shape index (κ1) is 11.9. The van der Waals surface area contributed by atoms with Crippen molar-refractivity contribution >= 4 is 5.69 Å². The molecule has 0 unspecified atom stereocenters. The summed E-state index contributed by atoms with van der Waals surface area (Å²) in [5, 5.41) is 3.23. The molecule has 1 aromatic carbocycles. The van der Waals surface area contributed by atoms with Gasteiger partial charge in [0.2, 0.25) is 0 Å². The molecule has 0 atom stereocenters. The van der Waals surface area contributed by atoms with E-state index >= 15 is 0 Å². The van der Waals surface area contributed by atoms with Gasteiger partial charge in [-0.2, -0.15) is 13.2 Å². The number of anilines is 1. The second-order valence-corrected chi connectivity index (χ2v) is 5.48. The number of rotatable bonds is 4. The average Bonchev–Trinajstić information content (AvgIpc) is 3.17. The van der Waals surface area contributed by atoms with Crippen molar-refractivity contribution in [3.8, 4) is 0 Å². The highest BCUT2D eigenvalue weighted by atomic mass is 19.4. The smallest absolute Gasteiger partial charge is 0.385 e. The molecule has 4 heteroatoms. The molecule has 2 aliphatic carbocycles. The predicted molar refractivity (Wildman–Crippen MR) is 64.6 cm³/mol. The summed E-state index contributed by atoms with van der Waals surface area (Å²) >= 11 is 0. The van der Waals surface area contributed by atoms with Crippen LogP contribution in [0.1, 0.15) is 31.2 Å². The van der Waals surface area contributed by atoms with Crippen LogP contribution in [0, 0.1) is 5.92 Å². The van der Waals surface area contributed by atoms with Gasteiger partial charge in [-0.1, -0.05) is 12.1 Å². The Bertz CT molecular complexity index is 445. The average molecular weight is 255 g/mol. The van der Waals surface area contributed by atoms with E-state index in [1.54, 1.807) is 18.2 Å². The third-order valence-corrected chi connectivity index (χ3v) is 4.00. The van der Waals surface area contributed by atoms with Crippen molar-refractivity contribution in [2.75, 3.05) is 11.9 Å². The molecule has 0 heterocycles. The van der Waals surface area contributed by atoms with Crippen molar-refractivity contribution < 1.29 is 13.2 Å². The summed E-state index contributed by atoms with van der Waals surface area (Å²) in [7, 11) is 0. The summed E-state index contributed by atoms with van der Waals surface area (Å²) in [4.78, 5) is 0. The van der Waals surface area contributed by atoms with E-state index in [1.165, 1.54) is 12.8 Å². The van der Waals surface area contributed by atoms with Gasteiger partial charge in [0, 0.05) is 12.2 Å². The quantitative estimate of drug-likeness (QED) is 0.854. The molecule has 0 amide bonds. The van der Waals surface area contributed by atoms with Crippen LogP contribution >= 0.6 is 0 Å². The highest BCUT2D eigenvalue weighted by molar-refractivity contribution is 5.49. The van der Waals surface area contributed by atoms with Crippen LogP contribution in [0.15, 0.2) is 24.3 Å². The minimum atomic E-state index is -4.12. The zero-order valence-corrected chi connectivity index (χ0v) is 10.1. The van der Waals surface area contributed by atoms with Crippen molar-refractivity contribution in [3.05, 3.63) is 29.8 Å². The molecule has 0 spiro atoms. The number of halogens is 3. The van der Waals surface area contributed by atoms with Gasteiger partial charge in [-0.05, 0) is 49.3 Å². The van der Waals surface area contributed by atoms with Crippen LogP contribution in [0.5, 0.6) is 0 Å². The SMILES string of the molecule is FC(F)(F)C1(c2cccc(NCC3CC3)c2)CC1. The zero-order chi connectivity index (χ0) is 12.8. The summed E-state index contributed by atoms with van der Waals surface area (Å²) in [6, 6.07) is 6.83. The molecule has 18 heavy (non-hydrogen) atoms. The van der Waals surface area contributed by atoms with E-state index < -0.39 is 11.6 Å². The fourth-order valence-electron chi connectivity index (χ4n) is 2.37. The largest absolute Gasteiger partial charge is 0.398 e. The summed E-state index contributed by atoms with van der Waals surface area (Å²) in [5.41, 5.74) is -0.338. The van der Waals surface area contributed by atoms with Gasteiger partial charge in [0.05, 0.1) is 5.41 Å². The number of hydrogen-bond acceptors (Lipinski definition) is 1. The van der Waals surface area contributed by atoms with Gasteiger partial charge in [0.15, 0.2) is 0 Å². The monoisotopic (exact) mass is 255 g/mol. The second-order valence-electron chi connectivity index (χ2n) is 5.48. The van der Waals surface area contributed by atoms with Crippen LogP contribution in [0.25, 0.3) is 0 Å². The van der Waals surface area contributed by atoms with Gasteiger partial charge in [0.1, 0.15) is 0 Å². The number of alkyl halides is 3. The lowest BCUT2D eigenvalue weighted by Gasteiger charge is -2.20. The van der Waals surface area contributed by atoms with Crippen molar-refractivity contribution in [3.63, 3.8) is 0 Å². The Labute approximate surface area is 104 Å². The van der Waals surface area contributed by atoms with E-state index in [2.05, 4.69) is 5.32 Å². The van der Waals surface area contributed by atoms with Crippen molar-refractivity contribution in [1.82, 2.24) is 0 Å². The lowest BCUT2D eigenvalue weighted by molar-refractivity contribution is -0.160. The fraction of sp³-hybridized carbons (Fsp3) is 0.571. The molecule has 98 valence electrons. The first-order valence-corrected chi connectivity index (χ1v) is 6.42. The molecule has 2 saturated carbocycles. The van der Waals surface area contributed by atoms with Gasteiger partial charge in [-0.25, -0.2) is 0 Å². The van der Waals surface area contributed by atoms with Gasteiger partial charge in [-0.15, -0.1) is 0 Å². The molecule has 0 bridgehead atoms. The summed E-state index contributed by atoms with van der Waals surface area (Å²) < 4.78 is 39.1. The Morgan fingerprint density at radius 3 is 2.50 bits per heavy atom. The molecule has 2 fully saturated rings. The third kappa shape index (κ3) is 2.08. The lowest BCUT2D eigenvalue weighted by Crippen LogP contribution is -2.28. The first-order chi connectivity index (χ1) is 8.51. The molecular formula is C14H16F3N. The van der Waals surface area contributed by atoms with Crippen LogP contribution in [0.2, 0.25) is 0 Å². The van der Waals surface area contributed by atoms with E-state index in [1.807, 2.05) is 6.07 Å². The van der Waals surface area contributed by atoms with Crippen LogP contribution in [-0.4, -0.2) is 12.7 Å². The normalized spacial score (nSPS) is 21.7. The Morgan fingerprint density at radius 2 is 1.94 bits per heavy atom. The summed E-state index contributed by atoms with van der Waals surface area (Å²) in [5.74, 6) is 0.714. The number of hydrogen-bond donors (Lipinski definition) is 1. The van der Waals surface area contributed by atoms with E-state index in [-0.39, 0.29) is 12.8 Å². The highest BCUT2D eigenvalue weighted by Crippen LogP contribution is 2.59. The van der Waals surface area contributed by atoms with Crippen LogP contribution < -0.4 is 5.32 Å². The zero-order valence-electron chi connectivity index (χ0n) is 10.1. The predicted octanol–water partition coefficient (Wildman–Crippen LogP) is 4.10. The summed E-state index contributed by atoms with van der Waals surface area (Å²) in [6.45, 7) is 0.877. The van der Waals surface area contributed by atoms with Gasteiger partial charge < -0.3 is 5.32 Å². The first-order valence-electron chi connectivity index (χ1n) is 6.42. The van der Waals surface area contributed by atoms with E-state index in [0.717, 1.165) is 12.2 Å². The molecule has 0 radical (unpaired) electrons. The van der Waals surface area contributed by atoms with E-state index in [9.17, 15) is 13.2 Å². The Balaban J connectivity index is 1.78. The fourth-order valence-corrected chi connectivity index (χ4v) is 2.37. The molecule has 1 aromatic rings. The molecule has 3 rings (SSSR count). The molecule has 1 N–H and O–H groups in total. The Hall–Kier alpha value is -1.19. The van der Waals surface area contributed by atoms with Gasteiger partial charge in [-0.3, -0.25) is 0 Å². The van der Waals surface area contributed by atoms with E-state index in [0.29, 0.717) is 11.5 Å². The minimum absolute atomic E-state index is 0.225. The molecule has 0 aliphatic heterocycles. The standard InChI is InChI=1S/C14H16F3N/c15-14(16,17)13(6-7-13)11-2-1-3-12(8-11)18-9-10-4-5-10/h1-3,8,10,18H,4-7,9H2. The molecule has 2 aliphatic rings.